The number of carbonyl (C=O) groups is 1. The zero-order valence-corrected chi connectivity index (χ0v) is 14.6. The molecule has 2 heterocycles. The summed E-state index contributed by atoms with van der Waals surface area (Å²) >= 11 is 13.0. The number of benzene rings is 1. The lowest BCUT2D eigenvalue weighted by Crippen LogP contribution is -2.09. The first-order valence-corrected chi connectivity index (χ1v) is 8.34. The number of H-pyrrole nitrogens is 1. The summed E-state index contributed by atoms with van der Waals surface area (Å²) < 4.78 is 0. The van der Waals surface area contributed by atoms with E-state index in [0.29, 0.717) is 37.2 Å². The molecule has 0 saturated heterocycles. The zero-order chi connectivity index (χ0) is 17.4. The van der Waals surface area contributed by atoms with Crippen LogP contribution in [-0.4, -0.2) is 21.0 Å². The van der Waals surface area contributed by atoms with Gasteiger partial charge in [-0.15, -0.1) is 11.3 Å². The molecule has 3 aromatic rings. The van der Waals surface area contributed by atoms with E-state index in [1.54, 1.807) is 37.3 Å². The lowest BCUT2D eigenvalue weighted by Gasteiger charge is -2.00. The first kappa shape index (κ1) is 16.7. The summed E-state index contributed by atoms with van der Waals surface area (Å²) in [6.45, 7) is 1.60. The summed E-state index contributed by atoms with van der Waals surface area (Å²) in [5.74, 6) is -0.764. The van der Waals surface area contributed by atoms with Crippen LogP contribution in [0.1, 0.15) is 26.6 Å². The standard InChI is InChI=1S/C16H10Cl2N2O3S/c1-7-11-14(21)19-10(20-15(11)24-13(7)16(22)23)6-5-8-3-2-4-9(17)12(8)18/h2-6H,1H3,(H,22,23)(H,19,20,21)/b6-5+. The van der Waals surface area contributed by atoms with Crippen molar-refractivity contribution in [3.05, 3.63) is 60.4 Å². The quantitative estimate of drug-likeness (QED) is 0.701. The molecular weight excluding hydrogens is 371 g/mol. The van der Waals surface area contributed by atoms with E-state index in [-0.39, 0.29) is 10.4 Å². The number of thiophene rings is 1. The van der Waals surface area contributed by atoms with Gasteiger partial charge in [-0.2, -0.15) is 0 Å². The van der Waals surface area contributed by atoms with Crippen LogP contribution in [0.3, 0.4) is 0 Å². The van der Waals surface area contributed by atoms with Gasteiger partial charge in [-0.1, -0.05) is 35.3 Å². The number of aryl methyl sites for hydroxylation is 1. The topological polar surface area (TPSA) is 83.0 Å². The van der Waals surface area contributed by atoms with Crippen molar-refractivity contribution in [1.29, 1.82) is 0 Å². The lowest BCUT2D eigenvalue weighted by molar-refractivity contribution is 0.0701. The van der Waals surface area contributed by atoms with Gasteiger partial charge in [-0.3, -0.25) is 4.79 Å². The van der Waals surface area contributed by atoms with Crippen molar-refractivity contribution >= 4 is 62.9 Å². The third kappa shape index (κ3) is 2.96. The van der Waals surface area contributed by atoms with Gasteiger partial charge >= 0.3 is 5.97 Å². The number of aromatic carboxylic acids is 1. The van der Waals surface area contributed by atoms with Gasteiger partial charge in [0, 0.05) is 0 Å². The second kappa shape index (κ2) is 6.39. The maximum atomic E-state index is 12.2. The summed E-state index contributed by atoms with van der Waals surface area (Å²) in [7, 11) is 0. The smallest absolute Gasteiger partial charge is 0.346 e. The number of carboxylic acids is 1. The van der Waals surface area contributed by atoms with E-state index in [4.69, 9.17) is 28.3 Å². The highest BCUT2D eigenvalue weighted by Gasteiger charge is 2.18. The maximum Gasteiger partial charge on any atom is 0.346 e. The minimum absolute atomic E-state index is 0.113. The minimum Gasteiger partial charge on any atom is -0.477 e. The van der Waals surface area contributed by atoms with Crippen molar-refractivity contribution in [1.82, 2.24) is 9.97 Å². The van der Waals surface area contributed by atoms with Crippen LogP contribution in [0, 0.1) is 6.92 Å². The van der Waals surface area contributed by atoms with Gasteiger partial charge < -0.3 is 10.1 Å². The van der Waals surface area contributed by atoms with Crippen molar-refractivity contribution in [3.8, 4) is 0 Å². The third-order valence-electron chi connectivity index (χ3n) is 3.42. The maximum absolute atomic E-state index is 12.2. The van der Waals surface area contributed by atoms with Crippen molar-refractivity contribution in [2.24, 2.45) is 0 Å². The van der Waals surface area contributed by atoms with E-state index in [1.165, 1.54) is 0 Å². The van der Waals surface area contributed by atoms with Gasteiger partial charge in [-0.05, 0) is 36.3 Å². The molecule has 0 spiro atoms. The molecule has 0 saturated carbocycles. The SMILES string of the molecule is Cc1c(C(=O)O)sc2nc(/C=C/c3cccc(Cl)c3Cl)[nH]c(=O)c12. The Labute approximate surface area is 150 Å². The molecule has 0 aliphatic heterocycles. The molecule has 122 valence electrons. The molecule has 0 aliphatic rings. The van der Waals surface area contributed by atoms with Crippen LogP contribution >= 0.6 is 34.5 Å². The predicted molar refractivity (Wildman–Crippen MR) is 97.3 cm³/mol. The van der Waals surface area contributed by atoms with Crippen molar-refractivity contribution in [2.45, 2.75) is 6.92 Å². The van der Waals surface area contributed by atoms with Crippen LogP contribution in [0.2, 0.25) is 10.0 Å². The highest BCUT2D eigenvalue weighted by molar-refractivity contribution is 7.20. The van der Waals surface area contributed by atoms with E-state index in [1.807, 2.05) is 0 Å². The fraction of sp³-hybridized carbons (Fsp3) is 0.0625. The second-order valence-corrected chi connectivity index (χ2v) is 6.75. The first-order chi connectivity index (χ1) is 11.4. The number of rotatable bonds is 3. The van der Waals surface area contributed by atoms with Crippen molar-refractivity contribution < 1.29 is 9.90 Å². The summed E-state index contributed by atoms with van der Waals surface area (Å²) in [6.07, 6.45) is 3.27. The van der Waals surface area contributed by atoms with Crippen LogP contribution < -0.4 is 5.56 Å². The molecule has 0 amide bonds. The summed E-state index contributed by atoms with van der Waals surface area (Å²) in [5.41, 5.74) is 0.725. The Hall–Kier alpha value is -2.15. The Bertz CT molecular complexity index is 1050. The van der Waals surface area contributed by atoms with E-state index < -0.39 is 5.97 Å². The molecule has 3 rings (SSSR count). The van der Waals surface area contributed by atoms with Gasteiger partial charge in [0.2, 0.25) is 0 Å². The number of halogens is 2. The van der Waals surface area contributed by atoms with Gasteiger partial charge in [0.25, 0.3) is 5.56 Å². The number of fused-ring (bicyclic) bond motifs is 1. The second-order valence-electron chi connectivity index (χ2n) is 4.97. The van der Waals surface area contributed by atoms with Gasteiger partial charge in [-0.25, -0.2) is 9.78 Å². The van der Waals surface area contributed by atoms with Gasteiger partial charge in [0.05, 0.1) is 15.4 Å². The molecule has 0 fully saturated rings. The van der Waals surface area contributed by atoms with Gasteiger partial charge in [0.15, 0.2) is 0 Å². The highest BCUT2D eigenvalue weighted by Crippen LogP contribution is 2.28. The molecule has 0 radical (unpaired) electrons. The Morgan fingerprint density at radius 3 is 2.79 bits per heavy atom. The predicted octanol–water partition coefficient (Wildman–Crippen LogP) is 4.47. The summed E-state index contributed by atoms with van der Waals surface area (Å²) in [4.78, 5) is 30.9. The van der Waals surface area contributed by atoms with Crippen LogP contribution in [0.15, 0.2) is 23.0 Å². The number of aromatic nitrogens is 2. The van der Waals surface area contributed by atoms with E-state index in [9.17, 15) is 9.59 Å². The molecule has 24 heavy (non-hydrogen) atoms. The number of hydrogen-bond donors (Lipinski definition) is 2. The Kier molecular flexibility index (Phi) is 4.45. The number of aromatic amines is 1. The Balaban J connectivity index is 2.08. The molecular formula is C16H10Cl2N2O3S. The molecule has 5 nitrogen and oxygen atoms in total. The molecule has 2 N–H and O–H groups in total. The van der Waals surface area contributed by atoms with E-state index in [0.717, 1.165) is 11.3 Å². The molecule has 0 bridgehead atoms. The zero-order valence-electron chi connectivity index (χ0n) is 12.3. The number of nitrogens with one attached hydrogen (secondary N) is 1. The minimum atomic E-state index is -1.07. The normalized spacial score (nSPS) is 11.5. The van der Waals surface area contributed by atoms with Crippen LogP contribution in [0.4, 0.5) is 0 Å². The fourth-order valence-corrected chi connectivity index (χ4v) is 3.66. The molecule has 8 heteroatoms. The first-order valence-electron chi connectivity index (χ1n) is 6.77. The third-order valence-corrected chi connectivity index (χ3v) is 5.42. The van der Waals surface area contributed by atoms with Crippen LogP contribution in [-0.2, 0) is 0 Å². The monoisotopic (exact) mass is 380 g/mol. The molecule has 2 aromatic heterocycles. The molecule has 0 unspecified atom stereocenters. The average molecular weight is 381 g/mol. The van der Waals surface area contributed by atoms with Crippen LogP contribution in [0.25, 0.3) is 22.4 Å². The average Bonchev–Trinajstić information content (AvgIpc) is 2.86. The lowest BCUT2D eigenvalue weighted by atomic mass is 10.2. The Morgan fingerprint density at radius 1 is 1.33 bits per heavy atom. The van der Waals surface area contributed by atoms with Crippen molar-refractivity contribution in [3.63, 3.8) is 0 Å². The summed E-state index contributed by atoms with van der Waals surface area (Å²) in [5, 5.41) is 10.3. The molecule has 1 aromatic carbocycles. The number of nitrogens with zero attached hydrogens (tertiary/aromatic N) is 1. The summed E-state index contributed by atoms with van der Waals surface area (Å²) in [6, 6.07) is 5.21. The number of carboxylic acid groups (broad SMARTS) is 1. The van der Waals surface area contributed by atoms with Gasteiger partial charge in [0.1, 0.15) is 15.5 Å². The van der Waals surface area contributed by atoms with Crippen molar-refractivity contribution in [2.75, 3.05) is 0 Å². The molecule has 0 atom stereocenters. The fourth-order valence-electron chi connectivity index (χ4n) is 2.26. The molecule has 0 aliphatic carbocycles. The largest absolute Gasteiger partial charge is 0.477 e. The Morgan fingerprint density at radius 2 is 2.08 bits per heavy atom. The highest BCUT2D eigenvalue weighted by atomic mass is 35.5. The van der Waals surface area contributed by atoms with E-state index in [2.05, 4.69) is 9.97 Å². The van der Waals surface area contributed by atoms with E-state index >= 15 is 0 Å². The number of hydrogen-bond acceptors (Lipinski definition) is 4. The van der Waals surface area contributed by atoms with Crippen LogP contribution in [0.5, 0.6) is 0 Å².